The fourth-order valence-corrected chi connectivity index (χ4v) is 2.57. The third kappa shape index (κ3) is 4.68. The summed E-state index contributed by atoms with van der Waals surface area (Å²) in [5.74, 6) is -0.0875. The van der Waals surface area contributed by atoms with Crippen LogP contribution < -0.4 is 11.3 Å². The van der Waals surface area contributed by atoms with Gasteiger partial charge < -0.3 is 15.6 Å². The Morgan fingerprint density at radius 1 is 1.14 bits per heavy atom. The van der Waals surface area contributed by atoms with Crippen LogP contribution in [-0.2, 0) is 0 Å². The fourth-order valence-electron chi connectivity index (χ4n) is 2.57. The van der Waals surface area contributed by atoms with Crippen molar-refractivity contribution in [2.75, 3.05) is 39.3 Å². The van der Waals surface area contributed by atoms with E-state index < -0.39 is 0 Å². The van der Waals surface area contributed by atoms with Gasteiger partial charge >= 0.3 is 0 Å². The second kappa shape index (κ2) is 7.95. The number of nitrogens with one attached hydrogen (secondary N) is 1. The lowest BCUT2D eigenvalue weighted by molar-refractivity contribution is 0.0629. The Labute approximate surface area is 124 Å². The summed E-state index contributed by atoms with van der Waals surface area (Å²) in [5.41, 5.74) is 5.62. The number of aromatic nitrogens is 1. The number of carbonyl (C=O) groups excluding carboxylic acids is 1. The molecular weight excluding hydrogens is 268 g/mol. The second-order valence-corrected chi connectivity index (χ2v) is 5.41. The number of pyridine rings is 1. The third-order valence-electron chi connectivity index (χ3n) is 3.84. The zero-order chi connectivity index (χ0) is 15.1. The van der Waals surface area contributed by atoms with Crippen LogP contribution in [0, 0.1) is 0 Å². The van der Waals surface area contributed by atoms with Crippen LogP contribution in [-0.4, -0.2) is 60.0 Å². The number of carbonyl (C=O) groups is 1. The average molecular weight is 292 g/mol. The van der Waals surface area contributed by atoms with Crippen LogP contribution in [0.5, 0.6) is 0 Å². The molecule has 1 amide bonds. The molecule has 1 fully saturated rings. The Kier molecular flexibility index (Phi) is 5.95. The molecule has 0 bridgehead atoms. The molecule has 0 unspecified atom stereocenters. The van der Waals surface area contributed by atoms with Crippen molar-refractivity contribution < 1.29 is 4.79 Å². The Morgan fingerprint density at radius 3 is 2.57 bits per heavy atom. The summed E-state index contributed by atoms with van der Waals surface area (Å²) in [6.45, 7) is 5.05. The standard InChI is InChI=1S/C15H24N4O2/c16-7-2-1-3-8-18-9-11-19(12-10-18)15(21)13-5-4-6-14(20)17-13/h4-6H,1-3,7-12,16H2,(H,17,20). The van der Waals surface area contributed by atoms with Crippen LogP contribution in [0.4, 0.5) is 0 Å². The van der Waals surface area contributed by atoms with Gasteiger partial charge in [-0.05, 0) is 32.0 Å². The van der Waals surface area contributed by atoms with Crippen LogP contribution >= 0.6 is 0 Å². The summed E-state index contributed by atoms with van der Waals surface area (Å²) in [5, 5.41) is 0. The maximum Gasteiger partial charge on any atom is 0.270 e. The summed E-state index contributed by atoms with van der Waals surface area (Å²) in [6, 6.07) is 4.68. The first-order valence-corrected chi connectivity index (χ1v) is 7.62. The summed E-state index contributed by atoms with van der Waals surface area (Å²) in [4.78, 5) is 30.3. The maximum atomic E-state index is 12.3. The SMILES string of the molecule is NCCCCCN1CCN(C(=O)c2cccc(=O)[nH]2)CC1. The van der Waals surface area contributed by atoms with Crippen LogP contribution in [0.25, 0.3) is 0 Å². The maximum absolute atomic E-state index is 12.3. The highest BCUT2D eigenvalue weighted by molar-refractivity contribution is 5.92. The smallest absolute Gasteiger partial charge is 0.270 e. The highest BCUT2D eigenvalue weighted by Crippen LogP contribution is 2.07. The van der Waals surface area contributed by atoms with Gasteiger partial charge in [0.2, 0.25) is 5.56 Å². The van der Waals surface area contributed by atoms with Gasteiger partial charge in [0.1, 0.15) is 5.69 Å². The monoisotopic (exact) mass is 292 g/mol. The molecule has 116 valence electrons. The Balaban J connectivity index is 1.78. The molecule has 21 heavy (non-hydrogen) atoms. The van der Waals surface area contributed by atoms with Crippen molar-refractivity contribution in [2.45, 2.75) is 19.3 Å². The molecule has 1 aromatic rings. The minimum atomic E-state index is -0.237. The van der Waals surface area contributed by atoms with E-state index in [-0.39, 0.29) is 11.5 Å². The van der Waals surface area contributed by atoms with Gasteiger partial charge in [-0.25, -0.2) is 0 Å². The third-order valence-corrected chi connectivity index (χ3v) is 3.84. The molecule has 2 heterocycles. The first-order valence-electron chi connectivity index (χ1n) is 7.62. The van der Waals surface area contributed by atoms with Crippen molar-refractivity contribution in [3.8, 4) is 0 Å². The van der Waals surface area contributed by atoms with Crippen molar-refractivity contribution in [3.63, 3.8) is 0 Å². The van der Waals surface area contributed by atoms with Crippen LogP contribution in [0.15, 0.2) is 23.0 Å². The van der Waals surface area contributed by atoms with E-state index in [1.807, 2.05) is 4.90 Å². The Hall–Kier alpha value is -1.66. The lowest BCUT2D eigenvalue weighted by atomic mass is 10.2. The lowest BCUT2D eigenvalue weighted by Gasteiger charge is -2.34. The van der Waals surface area contributed by atoms with Crippen molar-refractivity contribution >= 4 is 5.91 Å². The number of H-pyrrole nitrogens is 1. The number of hydrogen-bond donors (Lipinski definition) is 2. The van der Waals surface area contributed by atoms with E-state index in [2.05, 4.69) is 9.88 Å². The predicted octanol–water partition coefficient (Wildman–Crippen LogP) is 0.262. The van der Waals surface area contributed by atoms with Crippen molar-refractivity contribution in [1.82, 2.24) is 14.8 Å². The van der Waals surface area contributed by atoms with E-state index in [4.69, 9.17) is 5.73 Å². The molecule has 1 aromatic heterocycles. The molecule has 0 radical (unpaired) electrons. The second-order valence-electron chi connectivity index (χ2n) is 5.41. The minimum Gasteiger partial charge on any atom is -0.335 e. The van der Waals surface area contributed by atoms with E-state index in [9.17, 15) is 9.59 Å². The average Bonchev–Trinajstić information content (AvgIpc) is 2.51. The number of nitrogens with two attached hydrogens (primary N) is 1. The molecule has 1 aliphatic heterocycles. The zero-order valence-electron chi connectivity index (χ0n) is 12.4. The Morgan fingerprint density at radius 2 is 1.90 bits per heavy atom. The quantitative estimate of drug-likeness (QED) is 0.737. The summed E-state index contributed by atoms with van der Waals surface area (Å²) in [7, 11) is 0. The van der Waals surface area contributed by atoms with Gasteiger partial charge in [-0.1, -0.05) is 12.5 Å². The van der Waals surface area contributed by atoms with Gasteiger partial charge in [0, 0.05) is 32.2 Å². The van der Waals surface area contributed by atoms with E-state index in [1.54, 1.807) is 12.1 Å². The molecule has 6 nitrogen and oxygen atoms in total. The molecule has 0 spiro atoms. The van der Waals surface area contributed by atoms with Gasteiger partial charge in [0.05, 0.1) is 0 Å². The van der Waals surface area contributed by atoms with Gasteiger partial charge in [0.15, 0.2) is 0 Å². The molecule has 3 N–H and O–H groups in total. The molecule has 0 atom stereocenters. The first kappa shape index (κ1) is 15.7. The molecule has 0 aromatic carbocycles. The Bertz CT molecular complexity index is 506. The van der Waals surface area contributed by atoms with Gasteiger partial charge in [-0.2, -0.15) is 0 Å². The van der Waals surface area contributed by atoms with Crippen molar-refractivity contribution in [2.24, 2.45) is 5.73 Å². The number of rotatable bonds is 6. The number of aromatic amines is 1. The predicted molar refractivity (Wildman–Crippen MR) is 82.3 cm³/mol. The number of hydrogen-bond acceptors (Lipinski definition) is 4. The molecule has 6 heteroatoms. The van der Waals surface area contributed by atoms with Crippen LogP contribution in [0.1, 0.15) is 29.8 Å². The summed E-state index contributed by atoms with van der Waals surface area (Å²) < 4.78 is 0. The summed E-state index contributed by atoms with van der Waals surface area (Å²) in [6.07, 6.45) is 3.41. The van der Waals surface area contributed by atoms with E-state index in [0.717, 1.165) is 39.0 Å². The van der Waals surface area contributed by atoms with Crippen molar-refractivity contribution in [1.29, 1.82) is 0 Å². The molecule has 2 rings (SSSR count). The molecular formula is C15H24N4O2. The zero-order valence-corrected chi connectivity index (χ0v) is 12.4. The number of piperazine rings is 1. The van der Waals surface area contributed by atoms with Gasteiger partial charge in [-0.15, -0.1) is 0 Å². The van der Waals surface area contributed by atoms with E-state index >= 15 is 0 Å². The largest absolute Gasteiger partial charge is 0.335 e. The fraction of sp³-hybridized carbons (Fsp3) is 0.600. The molecule has 1 saturated heterocycles. The highest BCUT2D eigenvalue weighted by atomic mass is 16.2. The topological polar surface area (TPSA) is 82.4 Å². The van der Waals surface area contributed by atoms with Crippen LogP contribution in [0.2, 0.25) is 0 Å². The molecule has 0 aliphatic carbocycles. The highest BCUT2D eigenvalue weighted by Gasteiger charge is 2.22. The molecule has 1 aliphatic rings. The first-order chi connectivity index (χ1) is 10.2. The number of unbranched alkanes of at least 4 members (excludes halogenated alkanes) is 2. The lowest BCUT2D eigenvalue weighted by Crippen LogP contribution is -2.49. The van der Waals surface area contributed by atoms with Crippen LogP contribution in [0.3, 0.4) is 0 Å². The van der Waals surface area contributed by atoms with Gasteiger partial charge in [0.25, 0.3) is 5.91 Å². The summed E-state index contributed by atoms with van der Waals surface area (Å²) >= 11 is 0. The van der Waals surface area contributed by atoms with E-state index in [0.29, 0.717) is 18.8 Å². The normalized spacial score (nSPS) is 16.1. The van der Waals surface area contributed by atoms with Crippen molar-refractivity contribution in [3.05, 3.63) is 34.2 Å². The van der Waals surface area contributed by atoms with E-state index in [1.165, 1.54) is 12.5 Å². The number of nitrogens with zero attached hydrogens (tertiary/aromatic N) is 2. The minimum absolute atomic E-state index is 0.0875. The van der Waals surface area contributed by atoms with Gasteiger partial charge in [-0.3, -0.25) is 14.5 Å². The molecule has 0 saturated carbocycles. The number of amides is 1.